The first-order chi connectivity index (χ1) is 8.67. The molecule has 2 nitrogen and oxygen atoms in total. The summed E-state index contributed by atoms with van der Waals surface area (Å²) in [6, 6.07) is 3.46. The summed E-state index contributed by atoms with van der Waals surface area (Å²) in [6.45, 7) is 4.93. The van der Waals surface area contributed by atoms with E-state index in [2.05, 4.69) is 0 Å². The molecule has 0 atom stereocenters. The monoisotopic (exact) mass is 276 g/mol. The Balaban J connectivity index is 2.41. The second kappa shape index (κ2) is 8.45. The van der Waals surface area contributed by atoms with E-state index in [1.54, 1.807) is 0 Å². The van der Waals surface area contributed by atoms with Crippen LogP contribution in [-0.2, 0) is 9.47 Å². The van der Waals surface area contributed by atoms with E-state index in [9.17, 15) is 8.78 Å². The third-order valence-corrected chi connectivity index (χ3v) is 3.27. The largest absolute Gasteiger partial charge is 0.353 e. The average molecular weight is 276 g/mol. The summed E-state index contributed by atoms with van der Waals surface area (Å²) in [5, 5.41) is 0. The molecule has 1 aromatic rings. The normalized spacial score (nSPS) is 11.2. The molecule has 0 N–H and O–H groups in total. The van der Waals surface area contributed by atoms with Crippen molar-refractivity contribution in [2.24, 2.45) is 0 Å². The van der Waals surface area contributed by atoms with E-state index in [0.29, 0.717) is 30.3 Å². The lowest BCUT2D eigenvalue weighted by Crippen LogP contribution is -2.18. The zero-order valence-corrected chi connectivity index (χ0v) is 11.4. The highest BCUT2D eigenvalue weighted by Crippen LogP contribution is 2.24. The molecular formula is C13H18F2O2S. The number of hydrogen-bond donors (Lipinski definition) is 0. The summed E-state index contributed by atoms with van der Waals surface area (Å²) >= 11 is 1.27. The molecule has 0 unspecified atom stereocenters. The minimum absolute atomic E-state index is 0.274. The third kappa shape index (κ3) is 5.33. The lowest BCUT2D eigenvalue weighted by Gasteiger charge is -2.16. The number of ether oxygens (including phenoxy) is 2. The van der Waals surface area contributed by atoms with Crippen molar-refractivity contribution in [2.75, 3.05) is 19.0 Å². The van der Waals surface area contributed by atoms with Crippen molar-refractivity contribution in [3.63, 3.8) is 0 Å². The Kier molecular flexibility index (Phi) is 7.23. The fourth-order valence-corrected chi connectivity index (χ4v) is 2.37. The number of halogens is 2. The van der Waals surface area contributed by atoms with Crippen molar-refractivity contribution >= 4 is 11.8 Å². The highest BCUT2D eigenvalue weighted by molar-refractivity contribution is 7.99. The minimum Gasteiger partial charge on any atom is -0.353 e. The van der Waals surface area contributed by atoms with Gasteiger partial charge in [-0.25, -0.2) is 8.78 Å². The van der Waals surface area contributed by atoms with E-state index < -0.39 is 11.6 Å². The van der Waals surface area contributed by atoms with Gasteiger partial charge in [0.2, 0.25) is 0 Å². The summed E-state index contributed by atoms with van der Waals surface area (Å²) in [5.41, 5.74) is 0. The van der Waals surface area contributed by atoms with Crippen molar-refractivity contribution in [1.82, 2.24) is 0 Å². The predicted molar refractivity (Wildman–Crippen MR) is 68.7 cm³/mol. The van der Waals surface area contributed by atoms with Crippen LogP contribution in [-0.4, -0.2) is 25.3 Å². The van der Waals surface area contributed by atoms with Crippen LogP contribution in [0.3, 0.4) is 0 Å². The van der Waals surface area contributed by atoms with Crippen LogP contribution in [0.1, 0.15) is 20.3 Å². The molecule has 0 aliphatic heterocycles. The maximum absolute atomic E-state index is 13.3. The van der Waals surface area contributed by atoms with E-state index in [1.807, 2.05) is 13.8 Å². The summed E-state index contributed by atoms with van der Waals surface area (Å²) in [4.78, 5) is 0.321. The molecule has 1 rings (SSSR count). The summed E-state index contributed by atoms with van der Waals surface area (Å²) in [7, 11) is 0. The quantitative estimate of drug-likeness (QED) is 0.531. The van der Waals surface area contributed by atoms with Gasteiger partial charge in [0.05, 0.1) is 0 Å². The molecule has 0 aliphatic carbocycles. The molecule has 0 spiro atoms. The Morgan fingerprint density at radius 2 is 1.83 bits per heavy atom. The molecule has 0 amide bonds. The van der Waals surface area contributed by atoms with Gasteiger partial charge in [0.15, 0.2) is 6.29 Å². The predicted octanol–water partition coefficient (Wildman–Crippen LogP) is 3.85. The SMILES string of the molecule is CCOC(CCSc1cc(F)ccc1F)OCC. The van der Waals surface area contributed by atoms with Crippen molar-refractivity contribution in [3.05, 3.63) is 29.8 Å². The number of rotatable bonds is 8. The fourth-order valence-electron chi connectivity index (χ4n) is 1.44. The van der Waals surface area contributed by atoms with Crippen LogP contribution >= 0.6 is 11.8 Å². The van der Waals surface area contributed by atoms with Crippen LogP contribution in [0.25, 0.3) is 0 Å². The first-order valence-electron chi connectivity index (χ1n) is 5.98. The van der Waals surface area contributed by atoms with Gasteiger partial charge in [-0.2, -0.15) is 0 Å². The summed E-state index contributed by atoms with van der Waals surface area (Å²) in [5.74, 6) is -0.207. The van der Waals surface area contributed by atoms with Crippen molar-refractivity contribution in [1.29, 1.82) is 0 Å². The Morgan fingerprint density at radius 1 is 1.17 bits per heavy atom. The molecular weight excluding hydrogens is 258 g/mol. The third-order valence-electron chi connectivity index (χ3n) is 2.21. The lowest BCUT2D eigenvalue weighted by molar-refractivity contribution is -0.136. The second-order valence-electron chi connectivity index (χ2n) is 3.55. The fraction of sp³-hybridized carbons (Fsp3) is 0.538. The maximum atomic E-state index is 13.3. The van der Waals surface area contributed by atoms with E-state index in [4.69, 9.17) is 9.47 Å². The molecule has 5 heteroatoms. The summed E-state index contributed by atoms with van der Waals surface area (Å²) < 4.78 is 37.0. The second-order valence-corrected chi connectivity index (χ2v) is 4.69. The van der Waals surface area contributed by atoms with Gasteiger partial charge >= 0.3 is 0 Å². The average Bonchev–Trinajstić information content (AvgIpc) is 2.34. The van der Waals surface area contributed by atoms with Gasteiger partial charge in [0.25, 0.3) is 0 Å². The van der Waals surface area contributed by atoms with Gasteiger partial charge < -0.3 is 9.47 Å². The first kappa shape index (κ1) is 15.4. The van der Waals surface area contributed by atoms with E-state index in [0.717, 1.165) is 12.1 Å². The van der Waals surface area contributed by atoms with Crippen LogP contribution in [0.2, 0.25) is 0 Å². The maximum Gasteiger partial charge on any atom is 0.158 e. The van der Waals surface area contributed by atoms with Gasteiger partial charge in [0, 0.05) is 30.3 Å². The van der Waals surface area contributed by atoms with Crippen molar-refractivity contribution in [2.45, 2.75) is 31.5 Å². The van der Waals surface area contributed by atoms with E-state index in [-0.39, 0.29) is 6.29 Å². The van der Waals surface area contributed by atoms with Gasteiger partial charge in [-0.1, -0.05) is 0 Å². The molecule has 0 fully saturated rings. The smallest absolute Gasteiger partial charge is 0.158 e. The topological polar surface area (TPSA) is 18.5 Å². The van der Waals surface area contributed by atoms with E-state index in [1.165, 1.54) is 17.8 Å². The van der Waals surface area contributed by atoms with Crippen LogP contribution in [0.15, 0.2) is 23.1 Å². The van der Waals surface area contributed by atoms with Crippen molar-refractivity contribution < 1.29 is 18.3 Å². The molecule has 102 valence electrons. The van der Waals surface area contributed by atoms with Gasteiger partial charge in [-0.3, -0.25) is 0 Å². The molecule has 0 bridgehead atoms. The molecule has 0 aliphatic rings. The van der Waals surface area contributed by atoms with E-state index >= 15 is 0 Å². The number of hydrogen-bond acceptors (Lipinski definition) is 3. The molecule has 0 radical (unpaired) electrons. The standard InChI is InChI=1S/C13H18F2O2S/c1-3-16-13(17-4-2)7-8-18-12-9-10(14)5-6-11(12)15/h5-6,9,13H,3-4,7-8H2,1-2H3. The summed E-state index contributed by atoms with van der Waals surface area (Å²) in [6.07, 6.45) is 0.367. The van der Waals surface area contributed by atoms with Crippen LogP contribution in [0, 0.1) is 11.6 Å². The highest BCUT2D eigenvalue weighted by Gasteiger charge is 2.09. The molecule has 0 aromatic heterocycles. The Hall–Kier alpha value is -0.650. The first-order valence-corrected chi connectivity index (χ1v) is 6.97. The molecule has 18 heavy (non-hydrogen) atoms. The Labute approximate surface area is 111 Å². The number of benzene rings is 1. The zero-order chi connectivity index (χ0) is 13.4. The Bertz CT molecular complexity index is 355. The van der Waals surface area contributed by atoms with Crippen LogP contribution in [0.4, 0.5) is 8.78 Å². The van der Waals surface area contributed by atoms with Crippen LogP contribution in [0.5, 0.6) is 0 Å². The Morgan fingerprint density at radius 3 is 2.44 bits per heavy atom. The number of thioether (sulfide) groups is 1. The molecule has 0 saturated heterocycles. The van der Waals surface area contributed by atoms with Gasteiger partial charge in [0.1, 0.15) is 11.6 Å². The highest BCUT2D eigenvalue weighted by atomic mass is 32.2. The van der Waals surface area contributed by atoms with Gasteiger partial charge in [-0.05, 0) is 32.0 Å². The lowest BCUT2D eigenvalue weighted by atomic mass is 10.3. The zero-order valence-electron chi connectivity index (χ0n) is 10.6. The van der Waals surface area contributed by atoms with Crippen molar-refractivity contribution in [3.8, 4) is 0 Å². The molecule has 1 aromatic carbocycles. The molecule has 0 saturated carbocycles. The van der Waals surface area contributed by atoms with Crippen LogP contribution < -0.4 is 0 Å². The van der Waals surface area contributed by atoms with Gasteiger partial charge in [-0.15, -0.1) is 11.8 Å². The minimum atomic E-state index is -0.426. The molecule has 0 heterocycles.